The fourth-order valence-electron chi connectivity index (χ4n) is 6.51. The number of carbonyl (C=O) groups is 2. The summed E-state index contributed by atoms with van der Waals surface area (Å²) in [5.41, 5.74) is 4.63. The van der Waals surface area contributed by atoms with E-state index in [2.05, 4.69) is 39.5 Å². The Morgan fingerprint density at radius 3 is 1.98 bits per heavy atom. The summed E-state index contributed by atoms with van der Waals surface area (Å²) < 4.78 is 5.47. The van der Waals surface area contributed by atoms with Gasteiger partial charge < -0.3 is 14.9 Å². The second kappa shape index (κ2) is 17.6. The van der Waals surface area contributed by atoms with Gasteiger partial charge >= 0.3 is 5.97 Å². The molecule has 1 saturated carbocycles. The molecule has 0 amide bonds. The molecular weight excluding hydrogens is 584 g/mol. The molecule has 2 rings (SSSR count). The molecule has 0 aromatic heterocycles. The minimum Gasteiger partial charge on any atom is -0.460 e. The van der Waals surface area contributed by atoms with Crippen LogP contribution in [0.3, 0.4) is 0 Å². The third-order valence-corrected chi connectivity index (χ3v) is 9.52. The average molecular weight is 643 g/mol. The summed E-state index contributed by atoms with van der Waals surface area (Å²) in [5.74, 6) is 6.44. The number of hydrogen-bond acceptors (Lipinski definition) is 5. The first-order valence-electron chi connectivity index (χ1n) is 16.9. The third-order valence-electron chi connectivity index (χ3n) is 9.52. The largest absolute Gasteiger partial charge is 0.460 e. The Balaban J connectivity index is 2.09. The number of carbonyl (C=O) groups excluding carboxylic acids is 2. The van der Waals surface area contributed by atoms with E-state index in [1.54, 1.807) is 0 Å². The molecule has 0 bridgehead atoms. The van der Waals surface area contributed by atoms with Gasteiger partial charge in [0, 0.05) is 28.4 Å². The van der Waals surface area contributed by atoms with Crippen LogP contribution >= 0.6 is 0 Å². The third kappa shape index (κ3) is 11.9. The molecule has 0 unspecified atom stereocenters. The van der Waals surface area contributed by atoms with Crippen molar-refractivity contribution in [1.29, 1.82) is 0 Å². The van der Waals surface area contributed by atoms with E-state index >= 15 is 0 Å². The van der Waals surface area contributed by atoms with Crippen LogP contribution in [0.1, 0.15) is 108 Å². The first kappa shape index (κ1) is 39.7. The molecule has 0 aromatic carbocycles. The van der Waals surface area contributed by atoms with Crippen molar-refractivity contribution in [2.45, 2.75) is 120 Å². The van der Waals surface area contributed by atoms with Crippen LogP contribution in [-0.2, 0) is 14.3 Å². The maximum atomic E-state index is 13.2. The van der Waals surface area contributed by atoms with Gasteiger partial charge in [0.15, 0.2) is 5.78 Å². The zero-order valence-electron chi connectivity index (χ0n) is 30.5. The average Bonchev–Trinajstić information content (AvgIpc) is 3.18. The molecule has 0 heterocycles. The summed E-state index contributed by atoms with van der Waals surface area (Å²) in [6.45, 7) is 20.3. The van der Waals surface area contributed by atoms with Gasteiger partial charge in [0.2, 0.25) is 0 Å². The first-order chi connectivity index (χ1) is 21.9. The lowest BCUT2D eigenvalue weighted by atomic mass is 9.65. The molecule has 1 fully saturated rings. The van der Waals surface area contributed by atoms with Crippen LogP contribution in [0.15, 0.2) is 94.2 Å². The van der Waals surface area contributed by atoms with E-state index in [0.717, 1.165) is 28.7 Å². The predicted octanol–water partition coefficient (Wildman–Crippen LogP) is 9.02. The minimum absolute atomic E-state index is 0.104. The summed E-state index contributed by atoms with van der Waals surface area (Å²) in [4.78, 5) is 25.3. The molecule has 5 heteroatoms. The molecular formula is C42H58O5. The van der Waals surface area contributed by atoms with E-state index in [4.69, 9.17) is 4.74 Å². The second-order valence-electron chi connectivity index (χ2n) is 14.8. The van der Waals surface area contributed by atoms with Crippen molar-refractivity contribution in [2.75, 3.05) is 6.61 Å². The second-order valence-corrected chi connectivity index (χ2v) is 14.8. The van der Waals surface area contributed by atoms with Crippen molar-refractivity contribution in [3.8, 4) is 11.8 Å². The molecule has 0 spiro atoms. The van der Waals surface area contributed by atoms with Crippen LogP contribution in [0, 0.1) is 28.1 Å². The van der Waals surface area contributed by atoms with Crippen LogP contribution in [0.4, 0.5) is 0 Å². The maximum Gasteiger partial charge on any atom is 0.306 e. The van der Waals surface area contributed by atoms with Crippen LogP contribution in [0.2, 0.25) is 0 Å². The van der Waals surface area contributed by atoms with Gasteiger partial charge in [-0.1, -0.05) is 125 Å². The molecule has 2 N–H and O–H groups in total. The molecule has 3 atom stereocenters. The van der Waals surface area contributed by atoms with Crippen molar-refractivity contribution >= 4 is 11.8 Å². The Hall–Kier alpha value is -3.46. The molecule has 0 saturated heterocycles. The maximum absolute atomic E-state index is 13.2. The number of allylic oxidation sites excluding steroid dienone is 14. The lowest BCUT2D eigenvalue weighted by Crippen LogP contribution is -2.38. The Labute approximate surface area is 284 Å². The van der Waals surface area contributed by atoms with Crippen LogP contribution in [-0.4, -0.2) is 40.8 Å². The number of aliphatic hydroxyl groups excluding tert-OH is 2. The number of ketones is 1. The Morgan fingerprint density at radius 2 is 1.45 bits per heavy atom. The van der Waals surface area contributed by atoms with Crippen LogP contribution in [0.25, 0.3) is 0 Å². The van der Waals surface area contributed by atoms with Crippen molar-refractivity contribution < 1.29 is 24.5 Å². The highest BCUT2D eigenvalue weighted by Crippen LogP contribution is 2.53. The molecule has 0 aliphatic heterocycles. The number of esters is 1. The quantitative estimate of drug-likeness (QED) is 0.0961. The van der Waals surface area contributed by atoms with Crippen molar-refractivity contribution in [1.82, 2.24) is 0 Å². The molecule has 5 nitrogen and oxygen atoms in total. The van der Waals surface area contributed by atoms with Gasteiger partial charge in [0.25, 0.3) is 0 Å². The summed E-state index contributed by atoms with van der Waals surface area (Å²) >= 11 is 0. The SMILES string of the molecule is CCCC(=O)OC\C(C#CC1=C(C)C[C@@H](O)CC1(C)C)=C/C=C/C(C)=C/C=C/C=C(C)/C=C/C=C(\C)C(=O)[C@]1(C)C[C@@H](O)CC1(C)C. The minimum atomic E-state index is -0.562. The molecule has 2 aliphatic rings. The number of aliphatic hydroxyl groups is 2. The van der Waals surface area contributed by atoms with Gasteiger partial charge in [-0.15, -0.1) is 0 Å². The smallest absolute Gasteiger partial charge is 0.306 e. The van der Waals surface area contributed by atoms with Gasteiger partial charge in [-0.3, -0.25) is 9.59 Å². The molecule has 256 valence electrons. The highest BCUT2D eigenvalue weighted by Gasteiger charge is 2.53. The molecule has 47 heavy (non-hydrogen) atoms. The van der Waals surface area contributed by atoms with Crippen molar-refractivity contribution in [2.24, 2.45) is 16.2 Å². The van der Waals surface area contributed by atoms with Gasteiger partial charge in [-0.25, -0.2) is 0 Å². The normalized spacial score (nSPS) is 25.5. The highest BCUT2D eigenvalue weighted by atomic mass is 16.5. The lowest BCUT2D eigenvalue weighted by Gasteiger charge is -2.36. The number of Topliss-reactive ketones (excluding diaryl/α,β-unsaturated/α-hetero) is 1. The first-order valence-corrected chi connectivity index (χ1v) is 16.9. The number of ether oxygens (including phenoxy) is 1. The summed E-state index contributed by atoms with van der Waals surface area (Å²) in [6, 6.07) is 0. The van der Waals surface area contributed by atoms with Crippen LogP contribution in [0.5, 0.6) is 0 Å². The fourth-order valence-corrected chi connectivity index (χ4v) is 6.51. The summed E-state index contributed by atoms with van der Waals surface area (Å²) in [7, 11) is 0. The van der Waals surface area contributed by atoms with Crippen molar-refractivity contribution in [3.63, 3.8) is 0 Å². The zero-order chi connectivity index (χ0) is 35.4. The van der Waals surface area contributed by atoms with Gasteiger partial charge in [0.1, 0.15) is 6.61 Å². The van der Waals surface area contributed by atoms with Gasteiger partial charge in [-0.2, -0.15) is 0 Å². The Bertz CT molecular complexity index is 1460. The van der Waals surface area contributed by atoms with E-state index < -0.39 is 11.5 Å². The zero-order valence-corrected chi connectivity index (χ0v) is 30.5. The monoisotopic (exact) mass is 642 g/mol. The van der Waals surface area contributed by atoms with E-state index in [9.17, 15) is 19.8 Å². The lowest BCUT2D eigenvalue weighted by molar-refractivity contribution is -0.142. The standard InChI is InChI=1S/C42H58O5/c1-11-16-38(45)47-29-34(23-24-37-33(5)25-35(43)26-40(37,6)7)22-15-20-31(3)18-13-12-17-30(2)19-14-21-32(4)39(46)42(10)28-36(44)27-41(42,8)9/h12-15,17-22,35-36,43-44H,11,16,25-29H2,1-10H3/b13-12+,19-14+,20-15+,30-17+,31-18+,32-21+,34-22-/t35-,36+,42+/m1/s1. The van der Waals surface area contributed by atoms with Gasteiger partial charge in [-0.05, 0) is 76.9 Å². The number of hydrogen-bond donors (Lipinski definition) is 2. The van der Waals surface area contributed by atoms with Crippen molar-refractivity contribution in [3.05, 3.63) is 94.2 Å². The molecule has 0 radical (unpaired) electrons. The predicted molar refractivity (Wildman–Crippen MR) is 194 cm³/mol. The van der Waals surface area contributed by atoms with E-state index in [1.807, 2.05) is 102 Å². The van der Waals surface area contributed by atoms with E-state index in [0.29, 0.717) is 43.3 Å². The number of rotatable bonds is 12. The summed E-state index contributed by atoms with van der Waals surface area (Å²) in [5, 5.41) is 20.4. The topological polar surface area (TPSA) is 83.8 Å². The van der Waals surface area contributed by atoms with Gasteiger partial charge in [0.05, 0.1) is 12.2 Å². The Morgan fingerprint density at radius 1 is 0.851 bits per heavy atom. The Kier molecular flexibility index (Phi) is 14.9. The summed E-state index contributed by atoms with van der Waals surface area (Å²) in [6.07, 6.45) is 22.3. The highest BCUT2D eigenvalue weighted by molar-refractivity contribution is 6.00. The molecule has 2 aliphatic carbocycles. The van der Waals surface area contributed by atoms with Crippen LogP contribution < -0.4 is 0 Å². The fraction of sp³-hybridized carbons (Fsp3) is 0.524. The van der Waals surface area contributed by atoms with E-state index in [1.165, 1.54) is 0 Å². The molecule has 0 aromatic rings. The van der Waals surface area contributed by atoms with E-state index in [-0.39, 0.29) is 35.3 Å².